The van der Waals surface area contributed by atoms with Gasteiger partial charge in [0.25, 0.3) is 0 Å². The molecule has 0 bridgehead atoms. The highest BCUT2D eigenvalue weighted by atomic mass is 16.7. The number of nitrogens with zero attached hydrogens (tertiary/aromatic N) is 1. The highest BCUT2D eigenvalue weighted by molar-refractivity contribution is 5.93. The normalized spacial score (nSPS) is 16.2. The van der Waals surface area contributed by atoms with Gasteiger partial charge in [-0.25, -0.2) is 0 Å². The molecule has 1 fully saturated rings. The molecule has 3 atom stereocenters. The van der Waals surface area contributed by atoms with Crippen molar-refractivity contribution in [2.24, 2.45) is 0 Å². The Kier molecular flexibility index (Phi) is 22.9. The third kappa shape index (κ3) is 17.8. The lowest BCUT2D eigenvalue weighted by Gasteiger charge is -2.38. The summed E-state index contributed by atoms with van der Waals surface area (Å²) in [6.45, 7) is 8.11. The Bertz CT molecular complexity index is 1900. The van der Waals surface area contributed by atoms with Crippen molar-refractivity contribution in [2.45, 2.75) is 167 Å². The van der Waals surface area contributed by atoms with Crippen LogP contribution in [0.4, 0.5) is 11.4 Å². The minimum Gasteiger partial charge on any atom is -0.397 e. The summed E-state index contributed by atoms with van der Waals surface area (Å²) in [6, 6.07) is 32.2. The van der Waals surface area contributed by atoms with Gasteiger partial charge in [0.1, 0.15) is 0 Å². The molecule has 0 aromatic heterocycles. The summed E-state index contributed by atoms with van der Waals surface area (Å²) in [5.74, 6) is -0.0140. The van der Waals surface area contributed by atoms with E-state index in [1.165, 1.54) is 77.0 Å². The van der Waals surface area contributed by atoms with Gasteiger partial charge in [-0.3, -0.25) is 9.59 Å². The van der Waals surface area contributed by atoms with E-state index >= 15 is 0 Å². The van der Waals surface area contributed by atoms with E-state index in [-0.39, 0.29) is 30.6 Å². The van der Waals surface area contributed by atoms with E-state index < -0.39 is 6.29 Å². The number of nitrogen functional groups attached to an aromatic ring is 1. The molecule has 9 heteroatoms. The Morgan fingerprint density at radius 2 is 1.23 bits per heavy atom. The molecule has 0 radical (unpaired) electrons. The van der Waals surface area contributed by atoms with Crippen LogP contribution in [0, 0.1) is 0 Å². The highest BCUT2D eigenvalue weighted by Crippen LogP contribution is 2.39. The summed E-state index contributed by atoms with van der Waals surface area (Å²) < 4.78 is 13.6. The summed E-state index contributed by atoms with van der Waals surface area (Å²) in [5, 5.41) is 15.7. The fourth-order valence-corrected chi connectivity index (χ4v) is 8.65. The Balaban J connectivity index is 1.16. The number of nitrogens with two attached hydrogens (primary N) is 1. The van der Waals surface area contributed by atoms with Gasteiger partial charge in [0.05, 0.1) is 30.2 Å². The topological polar surface area (TPSA) is 126 Å². The number of carbonyl (C=O) groups excluding carboxylic acids is 2. The summed E-state index contributed by atoms with van der Waals surface area (Å²) in [5.41, 5.74) is 13.3. The first-order chi connectivity index (χ1) is 31.4. The number of benzene rings is 4. The van der Waals surface area contributed by atoms with E-state index in [2.05, 4.69) is 77.9 Å². The number of carbonyl (C=O) groups is 2. The highest BCUT2D eigenvalue weighted by Gasteiger charge is 2.33. The predicted octanol–water partition coefficient (Wildman–Crippen LogP) is 12.6. The number of unbranched alkanes of at least 4 members (excludes halogenated alkanes) is 13. The molecule has 0 aliphatic carbocycles. The first-order valence-corrected chi connectivity index (χ1v) is 24.7. The fourth-order valence-electron chi connectivity index (χ4n) is 8.65. The third-order valence-corrected chi connectivity index (χ3v) is 12.5. The molecular weight excluding hydrogens is 797 g/mol. The third-order valence-electron chi connectivity index (χ3n) is 12.5. The quantitative estimate of drug-likeness (QED) is 0.0304. The van der Waals surface area contributed by atoms with Gasteiger partial charge in [-0.1, -0.05) is 176 Å². The standard InChI is InChI=1S/C55H78N4O5/c1-3-5-7-9-13-21-37-59(38-22-14-10-8-6-4-2)41-48-39-52(45-31-29-43(42-60)30-32-45)64-55(63-48)46-35-33-44(34-36-46)49-24-18-17-23-47(49)40-57-53(61)27-15-11-12-16-28-54(62)58-51-26-20-19-25-50(51)56/h17-20,23-26,29-36,48,52,55,60H,3-16,21-22,27-28,37-42,56H2,1-2H3,(H,57,61)(H,58,62). The molecule has 1 saturated heterocycles. The molecule has 348 valence electrons. The average molecular weight is 875 g/mol. The van der Waals surface area contributed by atoms with Crippen LogP contribution in [0.5, 0.6) is 0 Å². The number of hydrogen-bond donors (Lipinski definition) is 4. The van der Waals surface area contributed by atoms with E-state index in [4.69, 9.17) is 15.2 Å². The molecule has 2 amide bonds. The molecule has 5 N–H and O–H groups in total. The van der Waals surface area contributed by atoms with Crippen LogP contribution in [0.3, 0.4) is 0 Å². The Morgan fingerprint density at radius 1 is 0.656 bits per heavy atom. The second kappa shape index (κ2) is 29.1. The number of rotatable bonds is 30. The van der Waals surface area contributed by atoms with Crippen LogP contribution in [-0.4, -0.2) is 47.6 Å². The molecule has 64 heavy (non-hydrogen) atoms. The first kappa shape index (κ1) is 50.5. The van der Waals surface area contributed by atoms with Crippen LogP contribution < -0.4 is 16.4 Å². The van der Waals surface area contributed by atoms with Gasteiger partial charge in [-0.15, -0.1) is 0 Å². The van der Waals surface area contributed by atoms with Crippen LogP contribution in [0.15, 0.2) is 97.1 Å². The lowest BCUT2D eigenvalue weighted by Crippen LogP contribution is -2.40. The number of anilines is 2. The Hall–Kier alpha value is -4.54. The van der Waals surface area contributed by atoms with Crippen molar-refractivity contribution in [2.75, 3.05) is 30.7 Å². The van der Waals surface area contributed by atoms with E-state index in [9.17, 15) is 14.7 Å². The van der Waals surface area contributed by atoms with Crippen molar-refractivity contribution < 1.29 is 24.2 Å². The minimum absolute atomic E-state index is 0.0113. The van der Waals surface area contributed by atoms with Crippen LogP contribution in [0.25, 0.3) is 11.1 Å². The molecule has 0 spiro atoms. The second-order valence-corrected chi connectivity index (χ2v) is 17.8. The van der Waals surface area contributed by atoms with Crippen molar-refractivity contribution >= 4 is 23.2 Å². The molecule has 3 unspecified atom stereocenters. The summed E-state index contributed by atoms with van der Waals surface area (Å²) in [6.07, 6.45) is 19.8. The maximum atomic E-state index is 12.9. The predicted molar refractivity (Wildman–Crippen MR) is 263 cm³/mol. The molecule has 0 saturated carbocycles. The van der Waals surface area contributed by atoms with Crippen LogP contribution in [0.1, 0.15) is 170 Å². The van der Waals surface area contributed by atoms with E-state index in [1.807, 2.05) is 36.4 Å². The second-order valence-electron chi connectivity index (χ2n) is 17.8. The number of amides is 2. The number of aliphatic hydroxyl groups is 1. The van der Waals surface area contributed by atoms with Gasteiger partial charge in [0.15, 0.2) is 6.29 Å². The number of ether oxygens (including phenoxy) is 2. The molecule has 1 aliphatic rings. The summed E-state index contributed by atoms with van der Waals surface area (Å²) in [7, 11) is 0. The lowest BCUT2D eigenvalue weighted by molar-refractivity contribution is -0.253. The van der Waals surface area contributed by atoms with Crippen LogP contribution in [0.2, 0.25) is 0 Å². The van der Waals surface area contributed by atoms with Crippen LogP contribution in [-0.2, 0) is 32.2 Å². The summed E-state index contributed by atoms with van der Waals surface area (Å²) >= 11 is 0. The van der Waals surface area contributed by atoms with Crippen molar-refractivity contribution in [3.05, 3.63) is 119 Å². The van der Waals surface area contributed by atoms with E-state index in [1.54, 1.807) is 12.1 Å². The zero-order chi connectivity index (χ0) is 45.2. The number of aliphatic hydroxyl groups excluding tert-OH is 1. The zero-order valence-electron chi connectivity index (χ0n) is 39.0. The maximum Gasteiger partial charge on any atom is 0.224 e. The number of hydrogen-bond acceptors (Lipinski definition) is 7. The van der Waals surface area contributed by atoms with Crippen molar-refractivity contribution in [3.8, 4) is 11.1 Å². The molecule has 5 rings (SSSR count). The zero-order valence-corrected chi connectivity index (χ0v) is 39.0. The van der Waals surface area contributed by atoms with E-state index in [0.29, 0.717) is 30.8 Å². The van der Waals surface area contributed by atoms with Gasteiger partial charge in [-0.05, 0) is 78.7 Å². The molecule has 4 aromatic rings. The maximum absolute atomic E-state index is 12.9. The van der Waals surface area contributed by atoms with Crippen molar-refractivity contribution in [1.82, 2.24) is 10.2 Å². The lowest BCUT2D eigenvalue weighted by atomic mass is 9.97. The summed E-state index contributed by atoms with van der Waals surface area (Å²) in [4.78, 5) is 27.9. The molecule has 1 heterocycles. The number of nitrogens with one attached hydrogen (secondary N) is 2. The largest absolute Gasteiger partial charge is 0.397 e. The van der Waals surface area contributed by atoms with Crippen LogP contribution >= 0.6 is 0 Å². The average Bonchev–Trinajstić information content (AvgIpc) is 3.32. The monoisotopic (exact) mass is 875 g/mol. The van der Waals surface area contributed by atoms with Crippen molar-refractivity contribution in [1.29, 1.82) is 0 Å². The Morgan fingerprint density at radius 3 is 1.89 bits per heavy atom. The van der Waals surface area contributed by atoms with Gasteiger partial charge in [-0.2, -0.15) is 0 Å². The van der Waals surface area contributed by atoms with Crippen molar-refractivity contribution in [3.63, 3.8) is 0 Å². The Labute approximate surface area is 384 Å². The first-order valence-electron chi connectivity index (χ1n) is 24.7. The number of para-hydroxylation sites is 2. The molecule has 9 nitrogen and oxygen atoms in total. The smallest absolute Gasteiger partial charge is 0.224 e. The van der Waals surface area contributed by atoms with E-state index in [0.717, 1.165) is 85.1 Å². The molecule has 1 aliphatic heterocycles. The molecular formula is C55H78N4O5. The van der Waals surface area contributed by atoms with Gasteiger partial charge < -0.3 is 35.8 Å². The van der Waals surface area contributed by atoms with Gasteiger partial charge in [0.2, 0.25) is 11.8 Å². The molecule has 4 aromatic carbocycles. The minimum atomic E-state index is -0.513. The SMILES string of the molecule is CCCCCCCCN(CCCCCCCC)CC1CC(c2ccc(CO)cc2)OC(c2ccc(-c3ccccc3CNC(=O)CCCCCCC(=O)Nc3ccccc3N)cc2)O1. The van der Waals surface area contributed by atoms with Gasteiger partial charge in [0, 0.05) is 37.9 Å². The van der Waals surface area contributed by atoms with Gasteiger partial charge >= 0.3 is 0 Å². The fraction of sp³-hybridized carbons (Fsp3) is 0.527.